The molecule has 0 amide bonds. The molecule has 162 valence electrons. The molecule has 0 atom stereocenters. The van der Waals surface area contributed by atoms with E-state index in [9.17, 15) is 18.5 Å². The number of sulfone groups is 1. The molecule has 0 aromatic heterocycles. The van der Waals surface area contributed by atoms with E-state index in [0.717, 1.165) is 62.0 Å². The number of hydrogen-bond acceptors (Lipinski definition) is 6. The number of methoxy groups -OCH3 is 1. The number of rotatable bonds is 7. The summed E-state index contributed by atoms with van der Waals surface area (Å²) in [6.07, 6.45) is 6.08. The van der Waals surface area contributed by atoms with Gasteiger partial charge in [0.25, 0.3) is 0 Å². The molecular weight excluding hydrogens is 394 g/mol. The Morgan fingerprint density at radius 2 is 1.86 bits per heavy atom. The second-order valence-electron chi connectivity index (χ2n) is 8.44. The molecule has 2 saturated heterocycles. The summed E-state index contributed by atoms with van der Waals surface area (Å²) < 4.78 is 29.2. The highest BCUT2D eigenvalue weighted by atomic mass is 32.2. The third-order valence-corrected chi connectivity index (χ3v) is 7.63. The zero-order valence-electron chi connectivity index (χ0n) is 17.3. The Morgan fingerprint density at radius 1 is 1.21 bits per heavy atom. The van der Waals surface area contributed by atoms with Crippen molar-refractivity contribution in [3.8, 4) is 5.75 Å². The molecule has 1 N–H and O–H groups in total. The van der Waals surface area contributed by atoms with Gasteiger partial charge in [-0.25, -0.2) is 8.42 Å². The van der Waals surface area contributed by atoms with Crippen LogP contribution in [-0.4, -0.2) is 64.7 Å². The minimum atomic E-state index is -2.94. The highest BCUT2D eigenvalue weighted by Gasteiger charge is 2.43. The lowest BCUT2D eigenvalue weighted by Crippen LogP contribution is -2.63. The van der Waals surface area contributed by atoms with Gasteiger partial charge in [-0.15, -0.1) is 0 Å². The van der Waals surface area contributed by atoms with Crippen molar-refractivity contribution in [1.82, 2.24) is 9.80 Å². The minimum absolute atomic E-state index is 0.0113. The van der Waals surface area contributed by atoms with E-state index >= 15 is 0 Å². The Bertz CT molecular complexity index is 829. The molecule has 2 heterocycles. The van der Waals surface area contributed by atoms with Crippen LogP contribution in [-0.2, 0) is 9.84 Å². The molecule has 0 aliphatic carbocycles. The maximum absolute atomic E-state index is 11.5. The van der Waals surface area contributed by atoms with Gasteiger partial charge in [0.1, 0.15) is 15.5 Å². The van der Waals surface area contributed by atoms with Crippen molar-refractivity contribution in [3.63, 3.8) is 0 Å². The van der Waals surface area contributed by atoms with Crippen LogP contribution in [0.25, 0.3) is 0 Å². The van der Waals surface area contributed by atoms with Crippen molar-refractivity contribution in [2.75, 3.05) is 45.3 Å². The molecule has 2 aliphatic heterocycles. The molecule has 0 bridgehead atoms. The van der Waals surface area contributed by atoms with Gasteiger partial charge in [0.05, 0.1) is 36.9 Å². The second-order valence-corrected chi connectivity index (χ2v) is 10.7. The zero-order chi connectivity index (χ0) is 21.1. The Morgan fingerprint density at radius 3 is 2.41 bits per heavy atom. The van der Waals surface area contributed by atoms with E-state index in [-0.39, 0.29) is 11.4 Å². The Hall–Kier alpha value is -1.71. The van der Waals surface area contributed by atoms with Crippen molar-refractivity contribution >= 4 is 21.2 Å². The summed E-state index contributed by atoms with van der Waals surface area (Å²) in [6.45, 7) is 3.82. The molecular formula is C20H32N3O5S+. The number of nitro benzene ring substituents is 1. The van der Waals surface area contributed by atoms with Crippen molar-refractivity contribution in [2.45, 2.75) is 38.1 Å². The van der Waals surface area contributed by atoms with Crippen LogP contribution >= 0.6 is 0 Å². The minimum Gasteiger partial charge on any atom is -0.490 e. The van der Waals surface area contributed by atoms with Gasteiger partial charge in [0.2, 0.25) is 5.75 Å². The van der Waals surface area contributed by atoms with Gasteiger partial charge in [-0.2, -0.15) is 0 Å². The number of benzene rings is 1. The normalized spacial score (nSPS) is 26.2. The maximum Gasteiger partial charge on any atom is 0.311 e. The Balaban J connectivity index is 1.87. The van der Waals surface area contributed by atoms with Crippen LogP contribution in [0.5, 0.6) is 5.75 Å². The Kier molecular flexibility index (Phi) is 6.80. The number of piperidine rings is 2. The molecule has 2 fully saturated rings. The first-order valence-electron chi connectivity index (χ1n) is 10.3. The quantitative estimate of drug-likeness (QED) is 0.409. The summed E-state index contributed by atoms with van der Waals surface area (Å²) in [5.74, 6) is 0.965. The number of likely N-dealkylation sites (tertiary alicyclic amines) is 1. The summed E-state index contributed by atoms with van der Waals surface area (Å²) in [7, 11) is -1.47. The first kappa shape index (κ1) is 22.0. The van der Waals surface area contributed by atoms with Crippen molar-refractivity contribution in [3.05, 3.63) is 28.3 Å². The van der Waals surface area contributed by atoms with Gasteiger partial charge in [0, 0.05) is 63.2 Å². The topological polar surface area (TPSA) is 98.5 Å². The average molecular weight is 427 g/mol. The monoisotopic (exact) mass is 426 g/mol. The molecule has 0 saturated carbocycles. The average Bonchev–Trinajstić information content (AvgIpc) is 2.72. The van der Waals surface area contributed by atoms with Gasteiger partial charge in [-0.05, 0) is 12.3 Å². The summed E-state index contributed by atoms with van der Waals surface area (Å²) >= 11 is 0. The van der Waals surface area contributed by atoms with Crippen LogP contribution in [0.1, 0.15) is 32.1 Å². The van der Waals surface area contributed by atoms with E-state index in [0.29, 0.717) is 24.1 Å². The van der Waals surface area contributed by atoms with Crippen LogP contribution in [0.3, 0.4) is 0 Å². The second kappa shape index (κ2) is 8.97. The number of hydrogen-bond donors (Lipinski definition) is 1. The molecule has 2 aliphatic rings. The van der Waals surface area contributed by atoms with E-state index in [2.05, 4.69) is 5.32 Å². The lowest BCUT2D eigenvalue weighted by atomic mass is 9.88. The molecule has 8 nitrogen and oxygen atoms in total. The van der Waals surface area contributed by atoms with Crippen LogP contribution in [0.4, 0.5) is 11.4 Å². The number of ether oxygens (including phenoxy) is 1. The van der Waals surface area contributed by atoms with Crippen molar-refractivity contribution in [2.24, 2.45) is 5.92 Å². The SMILES string of the molecule is COc1cc([N+]2(C3CCNCC3)CCC(CCS(C)(=O)=O)CC2)ccc1[N+](=O)[O-]. The highest BCUT2D eigenvalue weighted by Crippen LogP contribution is 2.41. The van der Waals surface area contributed by atoms with Crippen molar-refractivity contribution in [1.29, 1.82) is 0 Å². The maximum atomic E-state index is 11.5. The molecule has 0 unspecified atom stereocenters. The largest absolute Gasteiger partial charge is 0.490 e. The van der Waals surface area contributed by atoms with Gasteiger partial charge >= 0.3 is 5.69 Å². The molecule has 9 heteroatoms. The first-order valence-corrected chi connectivity index (χ1v) is 12.4. The standard InChI is InChI=1S/C20H32N3O5S/c1-28-20-15-18(3-4-19(20)22(24)25)23(17-5-10-21-11-6-17)12-7-16(8-13-23)9-14-29(2,26)27/h3-4,15-17,21H,5-14H2,1-2H3/q+1. The fraction of sp³-hybridized carbons (Fsp3) is 0.700. The fourth-order valence-corrected chi connectivity index (χ4v) is 5.74. The summed E-state index contributed by atoms with van der Waals surface area (Å²) in [5.41, 5.74) is 1.06. The molecule has 0 spiro atoms. The predicted molar refractivity (Wildman–Crippen MR) is 114 cm³/mol. The fourth-order valence-electron chi connectivity index (χ4n) is 4.98. The molecule has 1 aromatic carbocycles. The van der Waals surface area contributed by atoms with E-state index in [1.165, 1.54) is 13.4 Å². The van der Waals surface area contributed by atoms with Gasteiger partial charge in [0.15, 0.2) is 0 Å². The van der Waals surface area contributed by atoms with Gasteiger partial charge in [-0.3, -0.25) is 14.6 Å². The first-order chi connectivity index (χ1) is 13.7. The molecule has 29 heavy (non-hydrogen) atoms. The lowest BCUT2D eigenvalue weighted by molar-refractivity contribution is -0.385. The third kappa shape index (κ3) is 5.07. The molecule has 3 rings (SSSR count). The number of nitro groups is 1. The van der Waals surface area contributed by atoms with E-state index in [1.54, 1.807) is 6.07 Å². The summed E-state index contributed by atoms with van der Waals surface area (Å²) in [4.78, 5) is 10.9. The molecule has 0 radical (unpaired) electrons. The van der Waals surface area contributed by atoms with E-state index in [4.69, 9.17) is 4.74 Å². The summed E-state index contributed by atoms with van der Waals surface area (Å²) in [5, 5.41) is 14.7. The van der Waals surface area contributed by atoms with Crippen LogP contribution in [0.2, 0.25) is 0 Å². The van der Waals surface area contributed by atoms with Gasteiger partial charge < -0.3 is 10.1 Å². The number of quaternary nitrogens is 1. The van der Waals surface area contributed by atoms with Crippen molar-refractivity contribution < 1.29 is 18.1 Å². The highest BCUT2D eigenvalue weighted by molar-refractivity contribution is 7.90. The smallest absolute Gasteiger partial charge is 0.311 e. The van der Waals surface area contributed by atoms with Crippen LogP contribution in [0, 0.1) is 16.0 Å². The van der Waals surface area contributed by atoms with E-state index in [1.807, 2.05) is 12.1 Å². The van der Waals surface area contributed by atoms with E-state index < -0.39 is 14.8 Å². The number of nitrogens with one attached hydrogen (secondary N) is 1. The van der Waals surface area contributed by atoms with Crippen LogP contribution in [0.15, 0.2) is 18.2 Å². The predicted octanol–water partition coefficient (Wildman–Crippen LogP) is 2.51. The van der Waals surface area contributed by atoms with Gasteiger partial charge in [-0.1, -0.05) is 0 Å². The third-order valence-electron chi connectivity index (χ3n) is 6.65. The Labute approximate surface area is 172 Å². The molecule has 1 aromatic rings. The number of nitrogens with zero attached hydrogens (tertiary/aromatic N) is 2. The summed E-state index contributed by atoms with van der Waals surface area (Å²) in [6, 6.07) is 5.75. The lowest BCUT2D eigenvalue weighted by Gasteiger charge is -2.49. The zero-order valence-corrected chi connectivity index (χ0v) is 18.1. The van der Waals surface area contributed by atoms with Crippen LogP contribution < -0.4 is 14.5 Å².